The van der Waals surface area contributed by atoms with Crippen molar-refractivity contribution in [2.75, 3.05) is 11.9 Å². The van der Waals surface area contributed by atoms with E-state index >= 15 is 0 Å². The van der Waals surface area contributed by atoms with Gasteiger partial charge >= 0.3 is 11.8 Å². The van der Waals surface area contributed by atoms with Crippen LogP contribution >= 0.6 is 0 Å². The van der Waals surface area contributed by atoms with Crippen molar-refractivity contribution in [1.29, 1.82) is 0 Å². The number of benzene rings is 1. The fraction of sp³-hybridized carbons (Fsp3) is 0.389. The lowest BCUT2D eigenvalue weighted by Crippen LogP contribution is -2.36. The summed E-state index contributed by atoms with van der Waals surface area (Å²) in [6, 6.07) is 6.53. The first-order valence-corrected chi connectivity index (χ1v) is 7.94. The number of Topliss-reactive ketones (excluding diaryl/α,β-unsaturated/α-hetero) is 1. The minimum Gasteiger partial charge on any atom is -0.348 e. The molecule has 2 amide bonds. The lowest BCUT2D eigenvalue weighted by atomic mass is 9.97. The van der Waals surface area contributed by atoms with Crippen molar-refractivity contribution in [2.24, 2.45) is 0 Å². The van der Waals surface area contributed by atoms with Gasteiger partial charge in [-0.05, 0) is 51.2 Å². The van der Waals surface area contributed by atoms with Crippen LogP contribution in [0.15, 0.2) is 35.9 Å². The Kier molecular flexibility index (Phi) is 6.09. The summed E-state index contributed by atoms with van der Waals surface area (Å²) < 4.78 is 0. The Balaban J connectivity index is 1.80. The van der Waals surface area contributed by atoms with Crippen LogP contribution in [0.1, 0.15) is 49.4 Å². The van der Waals surface area contributed by atoms with E-state index in [-0.39, 0.29) is 5.78 Å². The van der Waals surface area contributed by atoms with Crippen LogP contribution in [0, 0.1) is 0 Å². The van der Waals surface area contributed by atoms with E-state index in [4.69, 9.17) is 0 Å². The van der Waals surface area contributed by atoms with E-state index in [0.717, 1.165) is 19.3 Å². The Morgan fingerprint density at radius 3 is 2.65 bits per heavy atom. The Bertz CT molecular complexity index is 635. The van der Waals surface area contributed by atoms with Crippen molar-refractivity contribution < 1.29 is 14.4 Å². The molecule has 0 spiro atoms. The highest BCUT2D eigenvalue weighted by atomic mass is 16.2. The largest absolute Gasteiger partial charge is 0.348 e. The lowest BCUT2D eigenvalue weighted by Gasteiger charge is -2.13. The second kappa shape index (κ2) is 8.27. The Morgan fingerprint density at radius 2 is 1.96 bits per heavy atom. The van der Waals surface area contributed by atoms with Crippen LogP contribution < -0.4 is 10.6 Å². The molecule has 122 valence electrons. The van der Waals surface area contributed by atoms with Gasteiger partial charge in [-0.2, -0.15) is 0 Å². The molecule has 23 heavy (non-hydrogen) atoms. The predicted molar refractivity (Wildman–Crippen MR) is 89.3 cm³/mol. The molecule has 2 rings (SSSR count). The number of carbonyl (C=O) groups is 3. The van der Waals surface area contributed by atoms with Gasteiger partial charge in [0.15, 0.2) is 5.78 Å². The fourth-order valence-electron chi connectivity index (χ4n) is 2.55. The molecule has 0 radical (unpaired) electrons. The third kappa shape index (κ3) is 5.36. The number of hydrogen-bond donors (Lipinski definition) is 2. The van der Waals surface area contributed by atoms with Gasteiger partial charge < -0.3 is 10.6 Å². The number of allylic oxidation sites excluding steroid dienone is 1. The summed E-state index contributed by atoms with van der Waals surface area (Å²) >= 11 is 0. The number of rotatable bonds is 5. The minimum atomic E-state index is -0.719. The second-order valence-electron chi connectivity index (χ2n) is 5.71. The maximum absolute atomic E-state index is 11.9. The summed E-state index contributed by atoms with van der Waals surface area (Å²) in [7, 11) is 0. The molecule has 1 aromatic rings. The summed E-state index contributed by atoms with van der Waals surface area (Å²) in [6.07, 6.45) is 7.64. The molecular formula is C18H22N2O3. The van der Waals surface area contributed by atoms with Crippen LogP contribution in [-0.2, 0) is 9.59 Å². The fourth-order valence-corrected chi connectivity index (χ4v) is 2.55. The zero-order valence-corrected chi connectivity index (χ0v) is 13.4. The molecule has 0 saturated carbocycles. The first-order valence-electron chi connectivity index (χ1n) is 7.94. The van der Waals surface area contributed by atoms with Gasteiger partial charge in [0, 0.05) is 17.8 Å². The van der Waals surface area contributed by atoms with Crippen LogP contribution in [0.5, 0.6) is 0 Å². The first-order chi connectivity index (χ1) is 11.1. The monoisotopic (exact) mass is 314 g/mol. The maximum atomic E-state index is 11.9. The van der Waals surface area contributed by atoms with E-state index in [2.05, 4.69) is 16.7 Å². The average molecular weight is 314 g/mol. The van der Waals surface area contributed by atoms with Crippen molar-refractivity contribution in [1.82, 2.24) is 5.32 Å². The highest BCUT2D eigenvalue weighted by molar-refractivity contribution is 6.39. The lowest BCUT2D eigenvalue weighted by molar-refractivity contribution is -0.136. The Hall–Kier alpha value is -2.43. The third-order valence-electron chi connectivity index (χ3n) is 3.85. The van der Waals surface area contributed by atoms with Gasteiger partial charge in [-0.3, -0.25) is 14.4 Å². The number of carbonyl (C=O) groups excluding carboxylic acids is 3. The van der Waals surface area contributed by atoms with Gasteiger partial charge in [0.2, 0.25) is 0 Å². The van der Waals surface area contributed by atoms with Gasteiger partial charge in [0.1, 0.15) is 0 Å². The minimum absolute atomic E-state index is 0.0914. The van der Waals surface area contributed by atoms with Crippen molar-refractivity contribution in [2.45, 2.75) is 39.0 Å². The SMILES string of the molecule is CC(=O)c1cccc(NC(=O)C(=O)NCCC2=CCCCC2)c1. The quantitative estimate of drug-likeness (QED) is 0.498. The Morgan fingerprint density at radius 1 is 1.13 bits per heavy atom. The molecule has 0 aliphatic heterocycles. The van der Waals surface area contributed by atoms with Crippen molar-refractivity contribution >= 4 is 23.3 Å². The van der Waals surface area contributed by atoms with E-state index in [1.165, 1.54) is 25.3 Å². The number of ketones is 1. The molecule has 1 aromatic carbocycles. The average Bonchev–Trinajstić information content (AvgIpc) is 2.56. The summed E-state index contributed by atoms with van der Waals surface area (Å²) in [6.45, 7) is 1.92. The normalized spacial score (nSPS) is 13.9. The topological polar surface area (TPSA) is 75.3 Å². The van der Waals surface area contributed by atoms with Crippen molar-refractivity contribution in [3.05, 3.63) is 41.5 Å². The van der Waals surface area contributed by atoms with Crippen molar-refractivity contribution in [3.8, 4) is 0 Å². The van der Waals surface area contributed by atoms with E-state index in [9.17, 15) is 14.4 Å². The summed E-state index contributed by atoms with van der Waals surface area (Å²) in [5.74, 6) is -1.47. The molecule has 0 fully saturated rings. The first kappa shape index (κ1) is 16.9. The van der Waals surface area contributed by atoms with E-state index in [1.54, 1.807) is 24.3 Å². The molecule has 0 heterocycles. The molecule has 0 atom stereocenters. The molecular weight excluding hydrogens is 292 g/mol. The zero-order valence-electron chi connectivity index (χ0n) is 13.4. The molecule has 2 N–H and O–H groups in total. The van der Waals surface area contributed by atoms with Gasteiger partial charge in [0.25, 0.3) is 0 Å². The number of anilines is 1. The molecule has 0 aromatic heterocycles. The zero-order chi connectivity index (χ0) is 16.7. The molecule has 0 bridgehead atoms. The highest BCUT2D eigenvalue weighted by Gasteiger charge is 2.14. The number of hydrogen-bond acceptors (Lipinski definition) is 3. The van der Waals surface area contributed by atoms with Crippen LogP contribution in [0.4, 0.5) is 5.69 Å². The molecule has 0 unspecified atom stereocenters. The van der Waals surface area contributed by atoms with Gasteiger partial charge in [0.05, 0.1) is 0 Å². The molecule has 0 saturated heterocycles. The summed E-state index contributed by atoms with van der Waals surface area (Å²) in [4.78, 5) is 35.0. The smallest absolute Gasteiger partial charge is 0.313 e. The third-order valence-corrected chi connectivity index (χ3v) is 3.85. The van der Waals surface area contributed by atoms with Crippen LogP contribution in [0.3, 0.4) is 0 Å². The van der Waals surface area contributed by atoms with Gasteiger partial charge in [-0.15, -0.1) is 0 Å². The maximum Gasteiger partial charge on any atom is 0.313 e. The predicted octanol–water partition coefficient (Wildman–Crippen LogP) is 2.83. The van der Waals surface area contributed by atoms with Gasteiger partial charge in [-0.25, -0.2) is 0 Å². The molecule has 1 aliphatic carbocycles. The van der Waals surface area contributed by atoms with E-state index in [1.807, 2.05) is 0 Å². The summed E-state index contributed by atoms with van der Waals surface area (Å²) in [5, 5.41) is 5.14. The summed E-state index contributed by atoms with van der Waals surface area (Å²) in [5.41, 5.74) is 2.28. The highest BCUT2D eigenvalue weighted by Crippen LogP contribution is 2.19. The number of nitrogens with one attached hydrogen (secondary N) is 2. The molecule has 5 nitrogen and oxygen atoms in total. The van der Waals surface area contributed by atoms with E-state index in [0.29, 0.717) is 17.8 Å². The molecule has 5 heteroatoms. The molecule has 1 aliphatic rings. The van der Waals surface area contributed by atoms with Crippen LogP contribution in [-0.4, -0.2) is 24.1 Å². The van der Waals surface area contributed by atoms with Gasteiger partial charge in [-0.1, -0.05) is 23.8 Å². The second-order valence-corrected chi connectivity index (χ2v) is 5.71. The van der Waals surface area contributed by atoms with E-state index < -0.39 is 11.8 Å². The Labute approximate surface area is 136 Å². The van der Waals surface area contributed by atoms with Crippen LogP contribution in [0.25, 0.3) is 0 Å². The van der Waals surface area contributed by atoms with Crippen molar-refractivity contribution in [3.63, 3.8) is 0 Å². The standard InChI is InChI=1S/C18H22N2O3/c1-13(21)15-8-5-9-16(12-15)20-18(23)17(22)19-11-10-14-6-3-2-4-7-14/h5-6,8-9,12H,2-4,7,10-11H2,1H3,(H,19,22)(H,20,23). The number of amides is 2. The van der Waals surface area contributed by atoms with Crippen LogP contribution in [0.2, 0.25) is 0 Å².